The van der Waals surface area contributed by atoms with Gasteiger partial charge < -0.3 is 20.2 Å². The van der Waals surface area contributed by atoms with E-state index >= 15 is 0 Å². The molecule has 0 aliphatic heterocycles. The number of H-pyrrole nitrogens is 1. The minimum Gasteiger partial charge on any atom is -0.493 e. The highest BCUT2D eigenvalue weighted by Crippen LogP contribution is 2.31. The molecule has 1 heterocycles. The highest BCUT2D eigenvalue weighted by molar-refractivity contribution is 5.61. The molecule has 0 atom stereocenters. The predicted octanol–water partition coefficient (Wildman–Crippen LogP) is 1.69. The maximum Gasteiger partial charge on any atom is 0.251 e. The number of methoxy groups -OCH3 is 1. The van der Waals surface area contributed by atoms with Crippen molar-refractivity contribution in [3.63, 3.8) is 0 Å². The summed E-state index contributed by atoms with van der Waals surface area (Å²) in [5.41, 5.74) is 6.58. The van der Waals surface area contributed by atoms with Crippen LogP contribution in [0, 0.1) is 0 Å². The molecule has 21 heavy (non-hydrogen) atoms. The number of rotatable bonds is 5. The first-order valence-electron chi connectivity index (χ1n) is 6.69. The van der Waals surface area contributed by atoms with E-state index < -0.39 is 0 Å². The van der Waals surface area contributed by atoms with Crippen molar-refractivity contribution in [1.82, 2.24) is 9.97 Å². The summed E-state index contributed by atoms with van der Waals surface area (Å²) in [6.45, 7) is 4.09. The number of hydrogen-bond donors (Lipinski definition) is 2. The van der Waals surface area contributed by atoms with Crippen molar-refractivity contribution < 1.29 is 9.47 Å². The molecule has 112 valence electrons. The molecule has 2 rings (SSSR count). The second-order valence-electron chi connectivity index (χ2n) is 4.82. The Kier molecular flexibility index (Phi) is 4.59. The summed E-state index contributed by atoms with van der Waals surface area (Å²) in [5, 5.41) is 0. The van der Waals surface area contributed by atoms with E-state index in [0.29, 0.717) is 23.0 Å². The Morgan fingerprint density at radius 3 is 2.67 bits per heavy atom. The predicted molar refractivity (Wildman–Crippen MR) is 80.5 cm³/mol. The average Bonchev–Trinajstić information content (AvgIpc) is 2.46. The van der Waals surface area contributed by atoms with E-state index in [4.69, 9.17) is 15.2 Å². The second-order valence-corrected chi connectivity index (χ2v) is 4.82. The average molecular weight is 289 g/mol. The molecule has 0 radical (unpaired) electrons. The van der Waals surface area contributed by atoms with Gasteiger partial charge in [0.1, 0.15) is 5.82 Å². The molecule has 0 spiro atoms. The van der Waals surface area contributed by atoms with E-state index in [9.17, 15) is 4.79 Å². The van der Waals surface area contributed by atoms with Crippen LogP contribution < -0.4 is 20.8 Å². The van der Waals surface area contributed by atoms with Gasteiger partial charge >= 0.3 is 0 Å². The SMILES string of the molecule is COc1cc(-c2nc(CN)cc(=O)[nH]2)ccc1OC(C)C. The van der Waals surface area contributed by atoms with Crippen LogP contribution >= 0.6 is 0 Å². The van der Waals surface area contributed by atoms with Gasteiger partial charge in [0.05, 0.1) is 18.9 Å². The molecule has 0 aliphatic carbocycles. The fourth-order valence-corrected chi connectivity index (χ4v) is 1.92. The molecule has 0 bridgehead atoms. The fourth-order valence-electron chi connectivity index (χ4n) is 1.92. The summed E-state index contributed by atoms with van der Waals surface area (Å²) in [6, 6.07) is 6.77. The van der Waals surface area contributed by atoms with Crippen LogP contribution in [0.5, 0.6) is 11.5 Å². The Morgan fingerprint density at radius 2 is 2.05 bits per heavy atom. The van der Waals surface area contributed by atoms with Crippen molar-refractivity contribution in [3.8, 4) is 22.9 Å². The minimum atomic E-state index is -0.234. The van der Waals surface area contributed by atoms with Gasteiger partial charge in [0, 0.05) is 18.2 Å². The highest BCUT2D eigenvalue weighted by atomic mass is 16.5. The molecular formula is C15H19N3O3. The Balaban J connectivity index is 2.45. The van der Waals surface area contributed by atoms with Gasteiger partial charge in [-0.3, -0.25) is 4.79 Å². The van der Waals surface area contributed by atoms with E-state index in [1.807, 2.05) is 19.9 Å². The van der Waals surface area contributed by atoms with Crippen molar-refractivity contribution in [3.05, 3.63) is 40.3 Å². The number of nitrogens with one attached hydrogen (secondary N) is 1. The van der Waals surface area contributed by atoms with Gasteiger partial charge in [0.25, 0.3) is 5.56 Å². The first-order valence-corrected chi connectivity index (χ1v) is 6.69. The van der Waals surface area contributed by atoms with Gasteiger partial charge in [-0.05, 0) is 32.0 Å². The van der Waals surface area contributed by atoms with Gasteiger partial charge in [-0.25, -0.2) is 4.98 Å². The van der Waals surface area contributed by atoms with Crippen molar-refractivity contribution in [2.75, 3.05) is 7.11 Å². The molecule has 0 unspecified atom stereocenters. The van der Waals surface area contributed by atoms with Gasteiger partial charge in [0.15, 0.2) is 11.5 Å². The summed E-state index contributed by atoms with van der Waals surface area (Å²) in [6.07, 6.45) is 0.0447. The second kappa shape index (κ2) is 6.41. The fraction of sp³-hybridized carbons (Fsp3) is 0.333. The van der Waals surface area contributed by atoms with Crippen LogP contribution in [0.1, 0.15) is 19.5 Å². The van der Waals surface area contributed by atoms with Crippen molar-refractivity contribution >= 4 is 0 Å². The molecule has 0 amide bonds. The largest absolute Gasteiger partial charge is 0.493 e. The lowest BCUT2D eigenvalue weighted by Crippen LogP contribution is -2.12. The van der Waals surface area contributed by atoms with Crippen LogP contribution in [-0.4, -0.2) is 23.2 Å². The standard InChI is InChI=1S/C15H19N3O3/c1-9(2)21-12-5-4-10(6-13(12)20-3)15-17-11(8-16)7-14(19)18-15/h4-7,9H,8,16H2,1-3H3,(H,17,18,19). The number of nitrogens with two attached hydrogens (primary N) is 1. The van der Waals surface area contributed by atoms with Crippen molar-refractivity contribution in [1.29, 1.82) is 0 Å². The molecular weight excluding hydrogens is 270 g/mol. The lowest BCUT2D eigenvalue weighted by molar-refractivity contribution is 0.230. The van der Waals surface area contributed by atoms with Crippen LogP contribution in [0.2, 0.25) is 0 Å². The van der Waals surface area contributed by atoms with E-state index in [-0.39, 0.29) is 18.2 Å². The molecule has 0 saturated heterocycles. The van der Waals surface area contributed by atoms with Gasteiger partial charge in [-0.15, -0.1) is 0 Å². The third-order valence-electron chi connectivity index (χ3n) is 2.80. The van der Waals surface area contributed by atoms with E-state index in [2.05, 4.69) is 9.97 Å². The Morgan fingerprint density at radius 1 is 1.29 bits per heavy atom. The Bertz CT molecular complexity index is 680. The van der Waals surface area contributed by atoms with Crippen LogP contribution in [-0.2, 0) is 6.54 Å². The number of aromatic nitrogens is 2. The minimum absolute atomic E-state index is 0.0447. The van der Waals surface area contributed by atoms with E-state index in [0.717, 1.165) is 5.56 Å². The zero-order chi connectivity index (χ0) is 15.4. The van der Waals surface area contributed by atoms with Gasteiger partial charge in [-0.1, -0.05) is 0 Å². The number of ether oxygens (including phenoxy) is 2. The smallest absolute Gasteiger partial charge is 0.251 e. The summed E-state index contributed by atoms with van der Waals surface area (Å²) in [7, 11) is 1.57. The first kappa shape index (κ1) is 15.1. The van der Waals surface area contributed by atoms with Gasteiger partial charge in [-0.2, -0.15) is 0 Å². The van der Waals surface area contributed by atoms with Crippen LogP contribution in [0.15, 0.2) is 29.1 Å². The molecule has 0 aliphatic rings. The summed E-state index contributed by atoms with van der Waals surface area (Å²) >= 11 is 0. The lowest BCUT2D eigenvalue weighted by Gasteiger charge is -2.14. The molecule has 1 aromatic carbocycles. The molecule has 1 aromatic heterocycles. The van der Waals surface area contributed by atoms with Crippen LogP contribution in [0.3, 0.4) is 0 Å². The Hall–Kier alpha value is -2.34. The van der Waals surface area contributed by atoms with Crippen LogP contribution in [0.4, 0.5) is 0 Å². The topological polar surface area (TPSA) is 90.2 Å². The summed E-state index contributed by atoms with van der Waals surface area (Å²) < 4.78 is 11.0. The zero-order valence-electron chi connectivity index (χ0n) is 12.3. The maximum atomic E-state index is 11.6. The van der Waals surface area contributed by atoms with E-state index in [1.165, 1.54) is 6.07 Å². The number of benzene rings is 1. The number of nitrogens with zero attached hydrogens (tertiary/aromatic N) is 1. The Labute approximate surface area is 122 Å². The molecule has 6 nitrogen and oxygen atoms in total. The number of aromatic amines is 1. The molecule has 3 N–H and O–H groups in total. The summed E-state index contributed by atoms with van der Waals surface area (Å²) in [4.78, 5) is 18.6. The highest BCUT2D eigenvalue weighted by Gasteiger charge is 2.10. The summed E-state index contributed by atoms with van der Waals surface area (Å²) in [5.74, 6) is 1.69. The van der Waals surface area contributed by atoms with E-state index in [1.54, 1.807) is 19.2 Å². The third-order valence-corrected chi connectivity index (χ3v) is 2.80. The zero-order valence-corrected chi connectivity index (χ0v) is 12.3. The monoisotopic (exact) mass is 289 g/mol. The first-order chi connectivity index (χ1) is 10.0. The maximum absolute atomic E-state index is 11.6. The molecule has 2 aromatic rings. The molecule has 0 fully saturated rings. The third kappa shape index (κ3) is 3.61. The normalized spacial score (nSPS) is 10.7. The van der Waals surface area contributed by atoms with Gasteiger partial charge in [0.2, 0.25) is 0 Å². The quantitative estimate of drug-likeness (QED) is 0.874. The molecule has 0 saturated carbocycles. The lowest BCUT2D eigenvalue weighted by atomic mass is 10.2. The number of hydrogen-bond acceptors (Lipinski definition) is 5. The van der Waals surface area contributed by atoms with Crippen molar-refractivity contribution in [2.45, 2.75) is 26.5 Å². The molecule has 6 heteroatoms. The van der Waals surface area contributed by atoms with Crippen molar-refractivity contribution in [2.24, 2.45) is 5.73 Å². The van der Waals surface area contributed by atoms with Crippen LogP contribution in [0.25, 0.3) is 11.4 Å².